The fourth-order valence-corrected chi connectivity index (χ4v) is 2.05. The number of carboxylic acids is 1. The lowest BCUT2D eigenvalue weighted by atomic mass is 9.85. The summed E-state index contributed by atoms with van der Waals surface area (Å²) in [5, 5.41) is 21.2. The molecule has 20 heavy (non-hydrogen) atoms. The van der Waals surface area contributed by atoms with Crippen molar-refractivity contribution in [2.75, 3.05) is 6.61 Å². The summed E-state index contributed by atoms with van der Waals surface area (Å²) in [6.07, 6.45) is 0.559. The van der Waals surface area contributed by atoms with Crippen molar-refractivity contribution in [2.24, 2.45) is 5.41 Å². The SMILES string of the molecule is CC(C)(C)C(CCO)NCc1cc(C(=O)O)ccc1F. The van der Waals surface area contributed by atoms with Crippen molar-refractivity contribution in [2.45, 2.75) is 39.8 Å². The predicted octanol–water partition coefficient (Wildman–Crippen LogP) is 2.41. The molecule has 0 heterocycles. The Labute approximate surface area is 118 Å². The monoisotopic (exact) mass is 283 g/mol. The number of hydrogen-bond acceptors (Lipinski definition) is 3. The van der Waals surface area contributed by atoms with Crippen LogP contribution in [0.3, 0.4) is 0 Å². The van der Waals surface area contributed by atoms with Crippen LogP contribution < -0.4 is 5.32 Å². The Balaban J connectivity index is 2.82. The Kier molecular flexibility index (Phi) is 5.65. The van der Waals surface area contributed by atoms with Gasteiger partial charge in [-0.3, -0.25) is 0 Å². The molecule has 0 aliphatic heterocycles. The Morgan fingerprint density at radius 2 is 2.05 bits per heavy atom. The van der Waals surface area contributed by atoms with Gasteiger partial charge in [0.2, 0.25) is 0 Å². The van der Waals surface area contributed by atoms with E-state index in [2.05, 4.69) is 5.32 Å². The van der Waals surface area contributed by atoms with E-state index in [0.29, 0.717) is 12.0 Å². The first kappa shape index (κ1) is 16.6. The van der Waals surface area contributed by atoms with E-state index in [-0.39, 0.29) is 30.2 Å². The normalized spacial score (nSPS) is 13.2. The molecule has 1 aromatic carbocycles. The van der Waals surface area contributed by atoms with Gasteiger partial charge in [0.05, 0.1) is 5.56 Å². The molecule has 1 unspecified atom stereocenters. The second kappa shape index (κ2) is 6.81. The fraction of sp³-hybridized carbons (Fsp3) is 0.533. The summed E-state index contributed by atoms with van der Waals surface area (Å²) in [4.78, 5) is 10.9. The van der Waals surface area contributed by atoms with Crippen LogP contribution in [0.5, 0.6) is 0 Å². The molecule has 0 spiro atoms. The van der Waals surface area contributed by atoms with Crippen LogP contribution in [0.2, 0.25) is 0 Å². The fourth-order valence-electron chi connectivity index (χ4n) is 2.05. The Hall–Kier alpha value is -1.46. The van der Waals surface area contributed by atoms with Gasteiger partial charge in [0.15, 0.2) is 0 Å². The second-order valence-corrected chi connectivity index (χ2v) is 5.92. The minimum Gasteiger partial charge on any atom is -0.478 e. The summed E-state index contributed by atoms with van der Waals surface area (Å²) in [7, 11) is 0. The number of hydrogen-bond donors (Lipinski definition) is 3. The molecule has 3 N–H and O–H groups in total. The van der Waals surface area contributed by atoms with E-state index < -0.39 is 11.8 Å². The zero-order valence-corrected chi connectivity index (χ0v) is 12.1. The number of aromatic carboxylic acids is 1. The van der Waals surface area contributed by atoms with Gasteiger partial charge in [0.1, 0.15) is 5.82 Å². The molecule has 112 valence electrons. The van der Waals surface area contributed by atoms with E-state index in [4.69, 9.17) is 10.2 Å². The minimum absolute atomic E-state index is 0.0142. The predicted molar refractivity (Wildman–Crippen MR) is 75.1 cm³/mol. The van der Waals surface area contributed by atoms with Gasteiger partial charge in [0.25, 0.3) is 0 Å². The Bertz CT molecular complexity index is 469. The van der Waals surface area contributed by atoms with Crippen molar-refractivity contribution in [1.82, 2.24) is 5.32 Å². The van der Waals surface area contributed by atoms with Crippen LogP contribution in [0.25, 0.3) is 0 Å². The van der Waals surface area contributed by atoms with Crippen molar-refractivity contribution in [1.29, 1.82) is 0 Å². The third-order valence-electron chi connectivity index (χ3n) is 3.29. The van der Waals surface area contributed by atoms with E-state index in [1.807, 2.05) is 20.8 Å². The lowest BCUT2D eigenvalue weighted by molar-refractivity contribution is 0.0696. The lowest BCUT2D eigenvalue weighted by Gasteiger charge is -2.31. The molecular formula is C15H22FNO3. The molecule has 0 aliphatic rings. The number of benzene rings is 1. The third-order valence-corrected chi connectivity index (χ3v) is 3.29. The maximum absolute atomic E-state index is 13.7. The molecular weight excluding hydrogens is 261 g/mol. The number of carboxylic acid groups (broad SMARTS) is 1. The molecule has 5 heteroatoms. The van der Waals surface area contributed by atoms with E-state index in [9.17, 15) is 9.18 Å². The first-order chi connectivity index (χ1) is 9.25. The molecule has 1 aromatic rings. The first-order valence-electron chi connectivity index (χ1n) is 6.61. The number of aliphatic hydroxyl groups excluding tert-OH is 1. The van der Waals surface area contributed by atoms with E-state index >= 15 is 0 Å². The summed E-state index contributed by atoms with van der Waals surface area (Å²) in [5.74, 6) is -1.51. The third kappa shape index (κ3) is 4.58. The molecule has 4 nitrogen and oxygen atoms in total. The van der Waals surface area contributed by atoms with Crippen LogP contribution in [-0.4, -0.2) is 28.8 Å². The zero-order chi connectivity index (χ0) is 15.3. The highest BCUT2D eigenvalue weighted by molar-refractivity contribution is 5.87. The van der Waals surface area contributed by atoms with Crippen molar-refractivity contribution < 1.29 is 19.4 Å². The summed E-state index contributed by atoms with van der Waals surface area (Å²) in [6.45, 7) is 6.38. The van der Waals surface area contributed by atoms with Crippen LogP contribution >= 0.6 is 0 Å². The summed E-state index contributed by atoms with van der Waals surface area (Å²) in [5.41, 5.74) is 0.304. The minimum atomic E-state index is -1.08. The van der Waals surface area contributed by atoms with Gasteiger partial charge in [-0.05, 0) is 30.0 Å². The molecule has 0 bridgehead atoms. The highest BCUT2D eigenvalue weighted by atomic mass is 19.1. The van der Waals surface area contributed by atoms with Crippen molar-refractivity contribution in [3.05, 3.63) is 35.1 Å². The first-order valence-corrected chi connectivity index (χ1v) is 6.61. The van der Waals surface area contributed by atoms with E-state index in [0.717, 1.165) is 0 Å². The number of aliphatic hydroxyl groups is 1. The Morgan fingerprint density at radius 3 is 2.55 bits per heavy atom. The molecule has 0 radical (unpaired) electrons. The van der Waals surface area contributed by atoms with Gasteiger partial charge in [0, 0.05) is 24.8 Å². The number of carbonyl (C=O) groups is 1. The zero-order valence-electron chi connectivity index (χ0n) is 12.1. The van der Waals surface area contributed by atoms with Crippen molar-refractivity contribution in [3.8, 4) is 0 Å². The summed E-state index contributed by atoms with van der Waals surface area (Å²) in [6, 6.07) is 3.76. The molecule has 1 rings (SSSR count). The largest absolute Gasteiger partial charge is 0.478 e. The molecule has 0 fully saturated rings. The number of nitrogens with one attached hydrogen (secondary N) is 1. The van der Waals surface area contributed by atoms with Gasteiger partial charge in [-0.15, -0.1) is 0 Å². The second-order valence-electron chi connectivity index (χ2n) is 5.92. The van der Waals surface area contributed by atoms with Crippen molar-refractivity contribution in [3.63, 3.8) is 0 Å². The maximum atomic E-state index is 13.7. The standard InChI is InChI=1S/C15H22FNO3/c1-15(2,3)13(6-7-18)17-9-11-8-10(14(19)20)4-5-12(11)16/h4-5,8,13,17-18H,6-7,9H2,1-3H3,(H,19,20). The molecule has 0 saturated heterocycles. The van der Waals surface area contributed by atoms with Crippen LogP contribution in [0.4, 0.5) is 4.39 Å². The van der Waals surface area contributed by atoms with Gasteiger partial charge < -0.3 is 15.5 Å². The summed E-state index contributed by atoms with van der Waals surface area (Å²) < 4.78 is 13.7. The van der Waals surface area contributed by atoms with Crippen LogP contribution in [0.1, 0.15) is 43.1 Å². The van der Waals surface area contributed by atoms with Gasteiger partial charge in [-0.1, -0.05) is 20.8 Å². The van der Waals surface area contributed by atoms with Gasteiger partial charge in [-0.2, -0.15) is 0 Å². The molecule has 0 aliphatic carbocycles. The quantitative estimate of drug-likeness (QED) is 0.750. The van der Waals surface area contributed by atoms with Gasteiger partial charge in [-0.25, -0.2) is 9.18 Å². The number of rotatable bonds is 6. The van der Waals surface area contributed by atoms with Crippen LogP contribution in [-0.2, 0) is 6.54 Å². The smallest absolute Gasteiger partial charge is 0.335 e. The highest BCUT2D eigenvalue weighted by Crippen LogP contribution is 2.22. The molecule has 0 saturated carbocycles. The van der Waals surface area contributed by atoms with Crippen LogP contribution in [0, 0.1) is 11.2 Å². The van der Waals surface area contributed by atoms with E-state index in [1.165, 1.54) is 18.2 Å². The van der Waals surface area contributed by atoms with Gasteiger partial charge >= 0.3 is 5.97 Å². The lowest BCUT2D eigenvalue weighted by Crippen LogP contribution is -2.40. The van der Waals surface area contributed by atoms with E-state index in [1.54, 1.807) is 0 Å². The topological polar surface area (TPSA) is 69.6 Å². The average molecular weight is 283 g/mol. The maximum Gasteiger partial charge on any atom is 0.335 e. The molecule has 0 aromatic heterocycles. The average Bonchev–Trinajstić information content (AvgIpc) is 2.34. The molecule has 0 amide bonds. The molecule has 1 atom stereocenters. The van der Waals surface area contributed by atoms with Crippen LogP contribution in [0.15, 0.2) is 18.2 Å². The highest BCUT2D eigenvalue weighted by Gasteiger charge is 2.23. The number of halogens is 1. The Morgan fingerprint density at radius 1 is 1.40 bits per heavy atom. The van der Waals surface area contributed by atoms with Crippen molar-refractivity contribution >= 4 is 5.97 Å². The summed E-state index contributed by atoms with van der Waals surface area (Å²) >= 11 is 0.